The molecule has 0 unspecified atom stereocenters. The molecule has 6 nitrogen and oxygen atoms in total. The number of hydrogen-bond acceptors (Lipinski definition) is 3. The average Bonchev–Trinajstić information content (AvgIpc) is 2.54. The van der Waals surface area contributed by atoms with Crippen LogP contribution in [0.3, 0.4) is 0 Å². The van der Waals surface area contributed by atoms with Crippen LogP contribution < -0.4 is 20.7 Å². The summed E-state index contributed by atoms with van der Waals surface area (Å²) in [6, 6.07) is 7.07. The monoisotopic (exact) mass is 420 g/mol. The zero-order valence-corrected chi connectivity index (χ0v) is 15.6. The Morgan fingerprint density at radius 3 is 2.50 bits per heavy atom. The van der Waals surface area contributed by atoms with Crippen LogP contribution in [0.5, 0.6) is 5.75 Å². The molecule has 0 saturated heterocycles. The van der Waals surface area contributed by atoms with E-state index in [0.717, 1.165) is 18.9 Å². The zero-order chi connectivity index (χ0) is 15.5. The smallest absolute Gasteiger partial charge is 0.251 e. The molecule has 0 aliphatic heterocycles. The third-order valence-corrected chi connectivity index (χ3v) is 2.80. The Kier molecular flexibility index (Phi) is 11.2. The summed E-state index contributed by atoms with van der Waals surface area (Å²) in [5.74, 6) is 1.30. The van der Waals surface area contributed by atoms with Gasteiger partial charge in [0.1, 0.15) is 5.75 Å². The molecule has 0 radical (unpaired) electrons. The van der Waals surface area contributed by atoms with Crippen LogP contribution in [0.4, 0.5) is 0 Å². The van der Waals surface area contributed by atoms with Crippen molar-refractivity contribution in [2.75, 3.05) is 33.8 Å². The van der Waals surface area contributed by atoms with Crippen molar-refractivity contribution < 1.29 is 9.53 Å². The largest absolute Gasteiger partial charge is 0.497 e. The second-order valence-electron chi connectivity index (χ2n) is 4.41. The van der Waals surface area contributed by atoms with E-state index in [9.17, 15) is 4.79 Å². The maximum absolute atomic E-state index is 12.0. The van der Waals surface area contributed by atoms with Crippen molar-refractivity contribution in [1.29, 1.82) is 0 Å². The van der Waals surface area contributed by atoms with Crippen molar-refractivity contribution in [2.24, 2.45) is 4.99 Å². The molecule has 0 aliphatic rings. The molecule has 0 aromatic heterocycles. The molecule has 22 heavy (non-hydrogen) atoms. The Labute approximate surface area is 149 Å². The van der Waals surface area contributed by atoms with Crippen LogP contribution in [-0.4, -0.2) is 45.7 Å². The van der Waals surface area contributed by atoms with Crippen LogP contribution in [0, 0.1) is 0 Å². The van der Waals surface area contributed by atoms with Crippen LogP contribution in [0.1, 0.15) is 23.7 Å². The van der Waals surface area contributed by atoms with Crippen molar-refractivity contribution in [3.8, 4) is 5.75 Å². The molecule has 0 fully saturated rings. The number of nitrogens with zero attached hydrogens (tertiary/aromatic N) is 1. The predicted octanol–water partition coefficient (Wildman–Crippen LogP) is 1.62. The fourth-order valence-corrected chi connectivity index (χ4v) is 1.69. The first-order chi connectivity index (χ1) is 10.2. The number of amides is 1. The third-order valence-electron chi connectivity index (χ3n) is 2.80. The fourth-order valence-electron chi connectivity index (χ4n) is 1.69. The summed E-state index contributed by atoms with van der Waals surface area (Å²) in [5, 5.41) is 9.14. The van der Waals surface area contributed by atoms with Crippen molar-refractivity contribution in [1.82, 2.24) is 16.0 Å². The molecule has 1 aromatic rings. The number of nitrogens with one attached hydrogen (secondary N) is 3. The highest BCUT2D eigenvalue weighted by Gasteiger charge is 2.05. The highest BCUT2D eigenvalue weighted by molar-refractivity contribution is 14.0. The average molecular weight is 420 g/mol. The number of ether oxygens (including phenoxy) is 1. The zero-order valence-electron chi connectivity index (χ0n) is 13.3. The lowest BCUT2D eigenvalue weighted by molar-refractivity contribution is 0.0954. The number of methoxy groups -OCH3 is 1. The van der Waals surface area contributed by atoms with E-state index in [2.05, 4.69) is 27.9 Å². The summed E-state index contributed by atoms with van der Waals surface area (Å²) >= 11 is 0. The molecule has 0 atom stereocenters. The Balaban J connectivity index is 0.00000441. The van der Waals surface area contributed by atoms with Gasteiger partial charge in [0, 0.05) is 32.2 Å². The van der Waals surface area contributed by atoms with Gasteiger partial charge in [-0.3, -0.25) is 9.79 Å². The van der Waals surface area contributed by atoms with Gasteiger partial charge in [-0.2, -0.15) is 0 Å². The molecule has 1 aromatic carbocycles. The van der Waals surface area contributed by atoms with Crippen molar-refractivity contribution in [3.05, 3.63) is 29.8 Å². The van der Waals surface area contributed by atoms with E-state index < -0.39 is 0 Å². The minimum atomic E-state index is -0.118. The summed E-state index contributed by atoms with van der Waals surface area (Å²) in [4.78, 5) is 16.0. The highest BCUT2D eigenvalue weighted by Crippen LogP contribution is 2.11. The van der Waals surface area contributed by atoms with Crippen molar-refractivity contribution >= 4 is 35.8 Å². The molecule has 0 aliphatic carbocycles. The van der Waals surface area contributed by atoms with Gasteiger partial charge in [-0.1, -0.05) is 13.0 Å². The standard InChI is InChI=1S/C15H24N4O2.HI/c1-4-8-18-15(16-2)19-10-9-17-14(20)12-6-5-7-13(11-12)21-3;/h5-7,11H,4,8-10H2,1-3H3,(H,17,20)(H2,16,18,19);1H. The van der Waals surface area contributed by atoms with Gasteiger partial charge < -0.3 is 20.7 Å². The van der Waals surface area contributed by atoms with E-state index in [1.165, 1.54) is 0 Å². The van der Waals surface area contributed by atoms with Gasteiger partial charge in [0.2, 0.25) is 0 Å². The van der Waals surface area contributed by atoms with Crippen LogP contribution in [0.25, 0.3) is 0 Å². The molecular formula is C15H25IN4O2. The Hall–Kier alpha value is -1.51. The van der Waals surface area contributed by atoms with Crippen LogP contribution in [0.2, 0.25) is 0 Å². The first kappa shape index (κ1) is 20.5. The topological polar surface area (TPSA) is 74.8 Å². The van der Waals surface area contributed by atoms with Gasteiger partial charge in [-0.15, -0.1) is 24.0 Å². The lowest BCUT2D eigenvalue weighted by Crippen LogP contribution is -2.41. The second-order valence-corrected chi connectivity index (χ2v) is 4.41. The fraction of sp³-hybridized carbons (Fsp3) is 0.467. The van der Waals surface area contributed by atoms with Crippen LogP contribution in [0.15, 0.2) is 29.3 Å². The number of hydrogen-bond donors (Lipinski definition) is 3. The summed E-state index contributed by atoms with van der Waals surface area (Å²) in [6.45, 7) is 4.09. The molecule has 0 heterocycles. The molecule has 0 spiro atoms. The molecular weight excluding hydrogens is 395 g/mol. The number of benzene rings is 1. The maximum atomic E-state index is 12.0. The summed E-state index contributed by atoms with van der Waals surface area (Å²) < 4.78 is 5.10. The number of rotatable bonds is 7. The summed E-state index contributed by atoms with van der Waals surface area (Å²) in [5.41, 5.74) is 0.586. The van der Waals surface area contributed by atoms with Gasteiger partial charge in [-0.25, -0.2) is 0 Å². The SMILES string of the molecule is CCCNC(=NC)NCCNC(=O)c1cccc(OC)c1.I. The number of carbonyl (C=O) groups is 1. The van der Waals surface area contributed by atoms with Crippen molar-refractivity contribution in [2.45, 2.75) is 13.3 Å². The highest BCUT2D eigenvalue weighted by atomic mass is 127. The normalized spacial score (nSPS) is 10.4. The van der Waals surface area contributed by atoms with Gasteiger partial charge in [0.15, 0.2) is 5.96 Å². The maximum Gasteiger partial charge on any atom is 0.251 e. The van der Waals surface area contributed by atoms with E-state index in [-0.39, 0.29) is 29.9 Å². The number of carbonyl (C=O) groups excluding carboxylic acids is 1. The summed E-state index contributed by atoms with van der Waals surface area (Å²) in [6.07, 6.45) is 1.03. The number of halogens is 1. The van der Waals surface area contributed by atoms with E-state index >= 15 is 0 Å². The van der Waals surface area contributed by atoms with Crippen LogP contribution in [-0.2, 0) is 0 Å². The van der Waals surface area contributed by atoms with E-state index in [1.54, 1.807) is 32.4 Å². The summed E-state index contributed by atoms with van der Waals surface area (Å²) in [7, 11) is 3.30. The van der Waals surface area contributed by atoms with Gasteiger partial charge in [-0.05, 0) is 24.6 Å². The quantitative estimate of drug-likeness (QED) is 0.271. The van der Waals surface area contributed by atoms with Crippen LogP contribution >= 0.6 is 24.0 Å². The number of aliphatic imine (C=N–C) groups is 1. The molecule has 1 rings (SSSR count). The van der Waals surface area contributed by atoms with E-state index in [4.69, 9.17) is 4.74 Å². The van der Waals surface area contributed by atoms with Gasteiger partial charge in [0.05, 0.1) is 7.11 Å². The molecule has 1 amide bonds. The Bertz CT molecular complexity index is 480. The lowest BCUT2D eigenvalue weighted by atomic mass is 10.2. The second kappa shape index (κ2) is 12.1. The Morgan fingerprint density at radius 2 is 1.86 bits per heavy atom. The lowest BCUT2D eigenvalue weighted by Gasteiger charge is -2.11. The third kappa shape index (κ3) is 7.48. The Morgan fingerprint density at radius 1 is 1.18 bits per heavy atom. The van der Waals surface area contributed by atoms with Gasteiger partial charge >= 0.3 is 0 Å². The molecule has 0 bridgehead atoms. The molecule has 7 heteroatoms. The molecule has 0 saturated carbocycles. The molecule has 3 N–H and O–H groups in total. The minimum Gasteiger partial charge on any atom is -0.497 e. The predicted molar refractivity (Wildman–Crippen MR) is 100 cm³/mol. The van der Waals surface area contributed by atoms with Gasteiger partial charge in [0.25, 0.3) is 5.91 Å². The van der Waals surface area contributed by atoms with Crippen molar-refractivity contribution in [3.63, 3.8) is 0 Å². The molecule has 124 valence electrons. The first-order valence-corrected chi connectivity index (χ1v) is 7.08. The first-order valence-electron chi connectivity index (χ1n) is 7.08. The minimum absolute atomic E-state index is 0. The van der Waals surface area contributed by atoms with E-state index in [1.807, 2.05) is 6.07 Å². The van der Waals surface area contributed by atoms with E-state index in [0.29, 0.717) is 24.4 Å². The number of guanidine groups is 1.